The van der Waals surface area contributed by atoms with Gasteiger partial charge in [-0.2, -0.15) is 0 Å². The Balaban J connectivity index is 0.00000192. The molecule has 35 nitrogen and oxygen atoms in total. The predicted octanol–water partition coefficient (Wildman–Crippen LogP) is -13.8. The van der Waals surface area contributed by atoms with Gasteiger partial charge in [-0.1, -0.05) is 25.7 Å². The van der Waals surface area contributed by atoms with Crippen molar-refractivity contribution in [2.45, 2.75) is 221 Å². The lowest BCUT2D eigenvalue weighted by atomic mass is 9.95. The van der Waals surface area contributed by atoms with Crippen molar-refractivity contribution in [2.24, 2.45) is 0 Å². The van der Waals surface area contributed by atoms with Gasteiger partial charge >= 0.3 is 0 Å². The molecule has 14 bridgehead atoms. The van der Waals surface area contributed by atoms with Crippen molar-refractivity contribution >= 4 is 0 Å². The SMILES string of the molecule is C1CCC1.OCC1O[C@@H]2O[C@@H]3C(CO)O[C@H](O[C@]4(O)CO[C@H](O[C@]5(O)CO[C@H](O[C@@H]6C(CO)O[C@H](O[C@]7(O)CO[C@H](O[C@@H]8C(CO)O[C@H](O[C@H]1[C@H](O)C2O)C(O)[C@H]8O)C(O)[C@H]7O)C(O)[C@H]6O)C(O)[C@H]5O)C(O)[C@H]4O)C(O)[C@H]3O. The molecule has 35 heteroatoms. The van der Waals surface area contributed by atoms with Crippen LogP contribution in [0.25, 0.3) is 0 Å². The number of aliphatic hydroxyl groups is 21. The van der Waals surface area contributed by atoms with E-state index < -0.39 is 242 Å². The van der Waals surface area contributed by atoms with Crippen molar-refractivity contribution < 1.29 is 174 Å². The van der Waals surface area contributed by atoms with E-state index in [4.69, 9.17) is 66.3 Å². The first-order valence-electron chi connectivity index (χ1n) is 25.1. The predicted molar refractivity (Wildman–Crippen MR) is 232 cm³/mol. The number of rotatable bonds is 4. The maximum atomic E-state index is 11.3. The van der Waals surface area contributed by atoms with Crippen molar-refractivity contribution in [1.29, 1.82) is 0 Å². The molecule has 1 saturated carbocycles. The summed E-state index contributed by atoms with van der Waals surface area (Å²) < 4.78 is 76.7. The first-order chi connectivity index (χ1) is 36.8. The summed E-state index contributed by atoms with van der Waals surface area (Å²) in [5.74, 6) is -9.23. The van der Waals surface area contributed by atoms with E-state index in [0.717, 1.165) is 0 Å². The average molecular weight is 1150 g/mol. The van der Waals surface area contributed by atoms with E-state index in [1.165, 1.54) is 25.7 Å². The molecule has 22 aliphatic rings. The molecule has 0 aromatic rings. The monoisotopic (exact) mass is 1150 g/mol. The normalized spacial score (nSPS) is 55.4. The number of hydrogen-bond donors (Lipinski definition) is 21. The van der Waals surface area contributed by atoms with E-state index in [2.05, 4.69) is 0 Å². The number of hydrogen-bond acceptors (Lipinski definition) is 35. The molecule has 22 rings (SSSR count). The Morgan fingerprint density at radius 3 is 0.782 bits per heavy atom. The lowest BCUT2D eigenvalue weighted by Gasteiger charge is -2.50. The van der Waals surface area contributed by atoms with E-state index in [0.29, 0.717) is 0 Å². The summed E-state index contributed by atoms with van der Waals surface area (Å²) in [6.45, 7) is -7.88. The van der Waals surface area contributed by atoms with E-state index in [9.17, 15) is 107 Å². The number of aliphatic hydroxyl groups excluding tert-OH is 18. The van der Waals surface area contributed by atoms with Gasteiger partial charge in [0.25, 0.3) is 0 Å². The summed E-state index contributed by atoms with van der Waals surface area (Å²) in [6.07, 6.45) is -56.1. The summed E-state index contributed by atoms with van der Waals surface area (Å²) in [5.41, 5.74) is 0. The van der Waals surface area contributed by atoms with Gasteiger partial charge in [-0.3, -0.25) is 0 Å². The topological polar surface area (TPSA) is 554 Å². The fourth-order valence-corrected chi connectivity index (χ4v) is 9.83. The zero-order valence-corrected chi connectivity index (χ0v) is 41.1. The third-order valence-corrected chi connectivity index (χ3v) is 15.0. The van der Waals surface area contributed by atoms with Crippen LogP contribution in [0.1, 0.15) is 25.7 Å². The Labute approximate surface area is 440 Å². The zero-order chi connectivity index (χ0) is 56.9. The molecule has 21 aliphatic heterocycles. The van der Waals surface area contributed by atoms with Crippen molar-refractivity contribution in [3.8, 4) is 0 Å². The van der Waals surface area contributed by atoms with Crippen molar-refractivity contribution in [3.63, 3.8) is 0 Å². The lowest BCUT2D eigenvalue weighted by Crippen LogP contribution is -2.70. The standard InChI is InChI=1S/C39H64O35.C4H8/c40-1-8-23-12(44)16(48)33(64-8)70-25-9(2-41)65-34(17(49)13(25)45)71-26-11(4-43)67-36(19(51)15(26)47)74-39(60)7-63-32(22(54)29(39)57)72-37(58)5-61-30(20(52)27(37)55)69-24-10(3-42)66-35(18(50)14(24)46)73-38(59)6-62-31(68-23)21(53)28(38)56;1-2-4-3-1/h8-36,40-60H,1-7H2;1-4H2/t8?,9?,10?,11?,12-,13-,14-,15-,16?,17?,18?,19?,20?,21?,22?,23-,24-,25-,26-,27-,28-,29-,30-,31-,32-,33-,34-,35-,36-,37-,38-,39-;/m1./s1. The Morgan fingerprint density at radius 1 is 0.269 bits per heavy atom. The van der Waals surface area contributed by atoms with Crippen LogP contribution in [0.3, 0.4) is 0 Å². The maximum Gasteiger partial charge on any atom is 0.221 e. The van der Waals surface area contributed by atoms with Crippen LogP contribution in [0.15, 0.2) is 0 Å². The average Bonchev–Trinajstić information content (AvgIpc) is 3.46. The van der Waals surface area contributed by atoms with E-state index in [1.807, 2.05) is 0 Å². The summed E-state index contributed by atoms with van der Waals surface area (Å²) >= 11 is 0. The highest BCUT2D eigenvalue weighted by molar-refractivity contribution is 5.01. The molecule has 11 unspecified atom stereocenters. The second-order valence-electron chi connectivity index (χ2n) is 20.4. The summed E-state index contributed by atoms with van der Waals surface area (Å²) in [5, 5.41) is 230. The molecule has 32 atom stereocenters. The first-order valence-corrected chi connectivity index (χ1v) is 25.1. The van der Waals surface area contributed by atoms with Crippen LogP contribution in [0.4, 0.5) is 0 Å². The smallest absolute Gasteiger partial charge is 0.221 e. The lowest BCUT2D eigenvalue weighted by molar-refractivity contribution is -0.453. The molecule has 21 saturated heterocycles. The van der Waals surface area contributed by atoms with Gasteiger partial charge in [-0.05, 0) is 0 Å². The molecule has 21 N–H and O–H groups in total. The molecule has 0 aromatic carbocycles. The fourth-order valence-electron chi connectivity index (χ4n) is 9.83. The van der Waals surface area contributed by atoms with Gasteiger partial charge in [0.2, 0.25) is 17.4 Å². The molecule has 0 spiro atoms. The Morgan fingerprint density at radius 2 is 0.500 bits per heavy atom. The molecule has 0 amide bonds. The number of ether oxygens (including phenoxy) is 14. The van der Waals surface area contributed by atoms with Crippen molar-refractivity contribution in [1.82, 2.24) is 0 Å². The minimum absolute atomic E-state index is 1.05. The third-order valence-electron chi connectivity index (χ3n) is 15.0. The molecular weight excluding hydrogens is 1080 g/mol. The quantitative estimate of drug-likeness (QED) is 0.124. The van der Waals surface area contributed by atoms with Crippen LogP contribution in [-0.2, 0) is 66.3 Å². The molecule has 454 valence electrons. The molecule has 0 radical (unpaired) electrons. The summed E-state index contributed by atoms with van der Waals surface area (Å²) in [7, 11) is 0. The van der Waals surface area contributed by atoms with Gasteiger partial charge < -0.3 is 174 Å². The van der Waals surface area contributed by atoms with Gasteiger partial charge in [0.05, 0.1) is 26.4 Å². The van der Waals surface area contributed by atoms with E-state index in [-0.39, 0.29) is 0 Å². The van der Waals surface area contributed by atoms with Crippen LogP contribution in [0.2, 0.25) is 0 Å². The Bertz CT molecular complexity index is 1890. The van der Waals surface area contributed by atoms with Gasteiger partial charge in [0.15, 0.2) is 44.0 Å². The highest BCUT2D eigenvalue weighted by Crippen LogP contribution is 2.40. The molecule has 78 heavy (non-hydrogen) atoms. The molecule has 22 fully saturated rings. The molecule has 1 aliphatic carbocycles. The van der Waals surface area contributed by atoms with Crippen molar-refractivity contribution in [3.05, 3.63) is 0 Å². The van der Waals surface area contributed by atoms with Crippen LogP contribution < -0.4 is 0 Å². The van der Waals surface area contributed by atoms with Gasteiger partial charge in [0.1, 0.15) is 154 Å². The van der Waals surface area contributed by atoms with Crippen LogP contribution in [0, 0.1) is 0 Å². The fraction of sp³-hybridized carbons (Fsp3) is 1.00. The molecular formula is C43H72O35. The minimum Gasteiger partial charge on any atom is -0.394 e. The maximum absolute atomic E-state index is 11.3. The van der Waals surface area contributed by atoms with Crippen LogP contribution in [-0.4, -0.2) is 349 Å². The van der Waals surface area contributed by atoms with E-state index in [1.54, 1.807) is 0 Å². The third kappa shape index (κ3) is 12.3. The zero-order valence-electron chi connectivity index (χ0n) is 41.1. The minimum atomic E-state index is -3.10. The second-order valence-corrected chi connectivity index (χ2v) is 20.4. The first kappa shape index (κ1) is 62.6. The highest BCUT2D eigenvalue weighted by atomic mass is 16.8. The molecule has 21 heterocycles. The largest absolute Gasteiger partial charge is 0.394 e. The highest BCUT2D eigenvalue weighted by Gasteiger charge is 2.62. The molecule has 0 aromatic heterocycles. The van der Waals surface area contributed by atoms with Gasteiger partial charge in [-0.15, -0.1) is 0 Å². The summed E-state index contributed by atoms with van der Waals surface area (Å²) in [4.78, 5) is 0. The van der Waals surface area contributed by atoms with Crippen LogP contribution in [0.5, 0.6) is 0 Å². The van der Waals surface area contributed by atoms with E-state index >= 15 is 0 Å². The van der Waals surface area contributed by atoms with Crippen LogP contribution >= 0.6 is 0 Å². The second kappa shape index (κ2) is 25.4. The van der Waals surface area contributed by atoms with Gasteiger partial charge in [0, 0.05) is 0 Å². The van der Waals surface area contributed by atoms with Crippen molar-refractivity contribution in [2.75, 3.05) is 46.2 Å². The Hall–Kier alpha value is -1.40. The summed E-state index contributed by atoms with van der Waals surface area (Å²) in [6, 6.07) is 0. The Kier molecular flexibility index (Phi) is 20.4. The van der Waals surface area contributed by atoms with Gasteiger partial charge in [-0.25, -0.2) is 0 Å².